The van der Waals surface area contributed by atoms with Crippen molar-refractivity contribution in [2.75, 3.05) is 0 Å². The quantitative estimate of drug-likeness (QED) is 0.217. The lowest BCUT2D eigenvalue weighted by Gasteiger charge is -2.04. The molecule has 0 saturated heterocycles. The lowest BCUT2D eigenvalue weighted by Crippen LogP contribution is -2.15. The van der Waals surface area contributed by atoms with Crippen molar-refractivity contribution < 1.29 is 4.79 Å². The van der Waals surface area contributed by atoms with E-state index in [2.05, 4.69) is 6.92 Å². The molecule has 4 aromatic carbocycles. The van der Waals surface area contributed by atoms with Gasteiger partial charge in [0.05, 0.1) is 20.2 Å². The maximum absolute atomic E-state index is 13.6. The molecule has 5 aromatic rings. The Bertz CT molecular complexity index is 1870. The van der Waals surface area contributed by atoms with Crippen molar-refractivity contribution in [2.45, 2.75) is 64.7 Å². The number of rotatable bonds is 10. The summed E-state index contributed by atoms with van der Waals surface area (Å²) in [6.45, 7) is 2.18. The number of hydrogen-bond donors (Lipinski definition) is 0. The van der Waals surface area contributed by atoms with Crippen LogP contribution in [0.5, 0.6) is 0 Å². The smallest absolute Gasteiger partial charge is 0.204 e. The summed E-state index contributed by atoms with van der Waals surface area (Å²) in [5.41, 5.74) is -0.693. The van der Waals surface area contributed by atoms with E-state index < -0.39 is 10.9 Å². The number of benzene rings is 4. The van der Waals surface area contributed by atoms with E-state index in [4.69, 9.17) is 0 Å². The third-order valence-corrected chi connectivity index (χ3v) is 8.45. The number of aryl methyl sites for hydroxylation is 1. The van der Waals surface area contributed by atoms with Crippen LogP contribution >= 0.6 is 11.3 Å². The lowest BCUT2D eigenvalue weighted by atomic mass is 9.98. The zero-order chi connectivity index (χ0) is 26.1. The Kier molecular flexibility index (Phi) is 7.11. The molecular formula is C31H28O5S. The molecule has 188 valence electrons. The monoisotopic (exact) mass is 512 g/mol. The lowest BCUT2D eigenvalue weighted by molar-refractivity contribution is -0.119. The zero-order valence-corrected chi connectivity index (χ0v) is 21.7. The summed E-state index contributed by atoms with van der Waals surface area (Å²) >= 11 is 0.935. The number of carbonyl (C=O) groups excluding carboxylic acids is 1. The summed E-state index contributed by atoms with van der Waals surface area (Å²) < 4.78 is 0.308. The van der Waals surface area contributed by atoms with Gasteiger partial charge in [-0.05, 0) is 30.5 Å². The van der Waals surface area contributed by atoms with Gasteiger partial charge in [-0.1, -0.05) is 69.4 Å². The molecule has 5 rings (SSSR count). The second-order valence-electron chi connectivity index (χ2n) is 9.81. The summed E-state index contributed by atoms with van der Waals surface area (Å²) in [5.74, 6) is 0.201. The number of unbranched alkanes of at least 4 members (excludes halogenated alkanes) is 5. The number of hydrogen-bond acceptors (Lipinski definition) is 6. The van der Waals surface area contributed by atoms with Crippen LogP contribution in [0.4, 0.5) is 0 Å². The normalized spacial score (nSPS) is 11.8. The number of thiophene rings is 1. The fourth-order valence-corrected chi connectivity index (χ4v) is 6.42. The number of ketones is 1. The highest BCUT2D eigenvalue weighted by atomic mass is 32.1. The summed E-state index contributed by atoms with van der Waals surface area (Å²) in [4.78, 5) is 65.7. The van der Waals surface area contributed by atoms with Crippen molar-refractivity contribution in [3.63, 3.8) is 0 Å². The summed E-state index contributed by atoms with van der Waals surface area (Å²) in [7, 11) is 0. The molecule has 0 bridgehead atoms. The predicted molar refractivity (Wildman–Crippen MR) is 153 cm³/mol. The second kappa shape index (κ2) is 10.5. The molecule has 0 atom stereocenters. The Labute approximate surface area is 217 Å². The molecule has 5 nitrogen and oxygen atoms in total. The molecule has 0 aliphatic carbocycles. The van der Waals surface area contributed by atoms with Crippen molar-refractivity contribution >= 4 is 58.8 Å². The van der Waals surface area contributed by atoms with E-state index in [1.807, 2.05) is 0 Å². The Morgan fingerprint density at radius 2 is 1.22 bits per heavy atom. The highest BCUT2D eigenvalue weighted by Gasteiger charge is 2.22. The van der Waals surface area contributed by atoms with Gasteiger partial charge < -0.3 is 0 Å². The van der Waals surface area contributed by atoms with Gasteiger partial charge in [0.25, 0.3) is 0 Å². The van der Waals surface area contributed by atoms with Crippen LogP contribution in [0, 0.1) is 0 Å². The van der Waals surface area contributed by atoms with Gasteiger partial charge in [-0.25, -0.2) is 0 Å². The van der Waals surface area contributed by atoms with Crippen LogP contribution in [0.3, 0.4) is 0 Å². The van der Waals surface area contributed by atoms with Crippen molar-refractivity contribution in [2.24, 2.45) is 0 Å². The Balaban J connectivity index is 1.50. The van der Waals surface area contributed by atoms with Crippen LogP contribution < -0.4 is 21.7 Å². The van der Waals surface area contributed by atoms with Gasteiger partial charge in [-0.15, -0.1) is 11.3 Å². The minimum absolute atomic E-state index is 0.0432. The molecule has 0 aliphatic rings. The van der Waals surface area contributed by atoms with Crippen molar-refractivity contribution in [3.05, 3.63) is 88.9 Å². The maximum Gasteiger partial charge on any atom is 0.204 e. The topological polar surface area (TPSA) is 85.3 Å². The molecule has 0 unspecified atom stereocenters. The van der Waals surface area contributed by atoms with Crippen LogP contribution in [0.2, 0.25) is 0 Å². The predicted octanol–water partition coefficient (Wildman–Crippen LogP) is 5.93. The molecule has 1 heterocycles. The maximum atomic E-state index is 13.6. The molecule has 0 radical (unpaired) electrons. The van der Waals surface area contributed by atoms with E-state index in [1.165, 1.54) is 19.3 Å². The van der Waals surface area contributed by atoms with Gasteiger partial charge >= 0.3 is 0 Å². The fourth-order valence-electron chi connectivity index (χ4n) is 5.22. The molecular weight excluding hydrogens is 484 g/mol. The van der Waals surface area contributed by atoms with Gasteiger partial charge in [-0.3, -0.25) is 24.0 Å². The van der Waals surface area contributed by atoms with Gasteiger partial charge in [0.1, 0.15) is 5.78 Å². The van der Waals surface area contributed by atoms with E-state index in [1.54, 1.807) is 42.5 Å². The zero-order valence-electron chi connectivity index (χ0n) is 20.9. The SMILES string of the molecule is CCCCCCCCC(=O)CCc1ccc2c(=O)c3sc4c(=O)c5ccccc5c(=O)c4c3c(=O)c2c1. The Morgan fingerprint density at radius 1 is 0.649 bits per heavy atom. The van der Waals surface area contributed by atoms with E-state index in [0.29, 0.717) is 24.6 Å². The second-order valence-corrected chi connectivity index (χ2v) is 10.8. The number of fused-ring (bicyclic) bond motifs is 5. The highest BCUT2D eigenvalue weighted by molar-refractivity contribution is 7.25. The van der Waals surface area contributed by atoms with Gasteiger partial charge in [0.15, 0.2) is 10.9 Å². The first kappa shape index (κ1) is 25.2. The van der Waals surface area contributed by atoms with Crippen LogP contribution in [0.1, 0.15) is 63.9 Å². The molecule has 0 saturated carbocycles. The third kappa shape index (κ3) is 4.55. The average Bonchev–Trinajstić information content (AvgIpc) is 3.33. The van der Waals surface area contributed by atoms with E-state index in [0.717, 1.165) is 36.2 Å². The Hall–Kier alpha value is -3.51. The molecule has 6 heteroatoms. The van der Waals surface area contributed by atoms with E-state index >= 15 is 0 Å². The first-order chi connectivity index (χ1) is 17.9. The van der Waals surface area contributed by atoms with Crippen LogP contribution in [-0.4, -0.2) is 5.78 Å². The van der Waals surface area contributed by atoms with E-state index in [9.17, 15) is 24.0 Å². The molecule has 0 aliphatic heterocycles. The molecule has 0 N–H and O–H groups in total. The van der Waals surface area contributed by atoms with Crippen molar-refractivity contribution in [1.82, 2.24) is 0 Å². The third-order valence-electron chi connectivity index (χ3n) is 7.27. The summed E-state index contributed by atoms with van der Waals surface area (Å²) in [6, 6.07) is 11.6. The highest BCUT2D eigenvalue weighted by Crippen LogP contribution is 2.29. The first-order valence-corrected chi connectivity index (χ1v) is 13.8. The first-order valence-electron chi connectivity index (χ1n) is 13.0. The fraction of sp³-hybridized carbons (Fsp3) is 0.323. The van der Waals surface area contributed by atoms with Crippen LogP contribution in [0.25, 0.3) is 41.7 Å². The van der Waals surface area contributed by atoms with Crippen LogP contribution in [0.15, 0.2) is 61.6 Å². The molecule has 37 heavy (non-hydrogen) atoms. The van der Waals surface area contributed by atoms with Gasteiger partial charge in [0.2, 0.25) is 10.9 Å². The Morgan fingerprint density at radius 3 is 1.89 bits per heavy atom. The van der Waals surface area contributed by atoms with Crippen LogP contribution in [-0.2, 0) is 11.2 Å². The van der Waals surface area contributed by atoms with Gasteiger partial charge in [-0.2, -0.15) is 0 Å². The minimum atomic E-state index is -0.414. The molecule has 0 fully saturated rings. The van der Waals surface area contributed by atoms with Crippen molar-refractivity contribution in [3.8, 4) is 0 Å². The molecule has 1 aromatic heterocycles. The average molecular weight is 513 g/mol. The summed E-state index contributed by atoms with van der Waals surface area (Å²) in [5, 5.41) is 1.15. The number of carbonyl (C=O) groups is 1. The number of Topliss-reactive ketones (excluding diaryl/α,β-unsaturated/α-hetero) is 1. The van der Waals surface area contributed by atoms with Crippen molar-refractivity contribution in [1.29, 1.82) is 0 Å². The summed E-state index contributed by atoms with van der Waals surface area (Å²) in [6.07, 6.45) is 8.23. The van der Waals surface area contributed by atoms with E-state index in [-0.39, 0.29) is 53.0 Å². The standard InChI is InChI=1S/C31H28O5S/c1-2-3-4-5-6-7-10-19(32)15-13-18-14-16-22-23(17-18)27(34)25-24-26(33)20-11-8-9-12-21(20)28(35)30(24)37-31(25)29(22)36/h8-9,11-12,14,16-17H,2-7,10,13,15H2,1H3. The molecule has 0 amide bonds. The minimum Gasteiger partial charge on any atom is -0.300 e. The molecule has 0 spiro atoms. The largest absolute Gasteiger partial charge is 0.300 e. The van der Waals surface area contributed by atoms with Gasteiger partial charge in [0, 0.05) is 34.4 Å².